The molecule has 1 fully saturated rings. The monoisotopic (exact) mass is 476 g/mol. The number of carbonyl (C=O) groups excluding carboxylic acids is 2. The molecule has 1 saturated heterocycles. The van der Waals surface area contributed by atoms with Gasteiger partial charge in [-0.1, -0.05) is 49.4 Å². The van der Waals surface area contributed by atoms with Crippen molar-refractivity contribution in [1.29, 1.82) is 0 Å². The fourth-order valence-electron chi connectivity index (χ4n) is 4.26. The van der Waals surface area contributed by atoms with Gasteiger partial charge in [-0.3, -0.25) is 9.69 Å². The van der Waals surface area contributed by atoms with E-state index in [1.807, 2.05) is 35.7 Å². The summed E-state index contributed by atoms with van der Waals surface area (Å²) in [5.41, 5.74) is 2.31. The first-order valence-electron chi connectivity index (χ1n) is 11.8. The first kappa shape index (κ1) is 24.0. The van der Waals surface area contributed by atoms with Crippen molar-refractivity contribution in [1.82, 2.24) is 15.5 Å². The third kappa shape index (κ3) is 6.68. The standard InChI is InChI=1S/C27H32N4O2S/c1-20-12-14-31(15-13-20)25(21-7-3-2-4-8-21)19-29-27(33)30-23-10-5-9-22(17-23)26(32)28-18-24-11-6-16-34-24/h2-11,16-17,20,25H,12-15,18-19H2,1H3,(H,28,32)(H2,29,30,33). The summed E-state index contributed by atoms with van der Waals surface area (Å²) >= 11 is 1.60. The minimum absolute atomic E-state index is 0.133. The van der Waals surface area contributed by atoms with Gasteiger partial charge in [0.05, 0.1) is 12.6 Å². The number of hydrogen-bond donors (Lipinski definition) is 3. The van der Waals surface area contributed by atoms with Gasteiger partial charge in [0.1, 0.15) is 0 Å². The Morgan fingerprint density at radius 1 is 1.00 bits per heavy atom. The van der Waals surface area contributed by atoms with Gasteiger partial charge in [0.15, 0.2) is 0 Å². The summed E-state index contributed by atoms with van der Waals surface area (Å²) in [6, 6.07) is 21.2. The van der Waals surface area contributed by atoms with Crippen molar-refractivity contribution in [2.45, 2.75) is 32.4 Å². The van der Waals surface area contributed by atoms with Crippen LogP contribution in [0, 0.1) is 5.92 Å². The van der Waals surface area contributed by atoms with E-state index < -0.39 is 0 Å². The third-order valence-electron chi connectivity index (χ3n) is 6.29. The molecule has 34 heavy (non-hydrogen) atoms. The highest BCUT2D eigenvalue weighted by Crippen LogP contribution is 2.26. The van der Waals surface area contributed by atoms with E-state index in [9.17, 15) is 9.59 Å². The number of nitrogens with zero attached hydrogens (tertiary/aromatic N) is 1. The zero-order chi connectivity index (χ0) is 23.8. The Balaban J connectivity index is 1.34. The molecule has 0 aliphatic carbocycles. The van der Waals surface area contributed by atoms with Crippen LogP contribution in [0.1, 0.15) is 46.6 Å². The van der Waals surface area contributed by atoms with Crippen LogP contribution < -0.4 is 16.0 Å². The number of hydrogen-bond acceptors (Lipinski definition) is 4. The molecule has 6 nitrogen and oxygen atoms in total. The maximum atomic E-state index is 12.7. The summed E-state index contributed by atoms with van der Waals surface area (Å²) in [4.78, 5) is 28.8. The quantitative estimate of drug-likeness (QED) is 0.415. The highest BCUT2D eigenvalue weighted by molar-refractivity contribution is 7.09. The molecule has 0 bridgehead atoms. The predicted octanol–water partition coefficient (Wildman–Crippen LogP) is 5.27. The Bertz CT molecular complexity index is 1060. The van der Waals surface area contributed by atoms with Crippen LogP contribution in [0.3, 0.4) is 0 Å². The van der Waals surface area contributed by atoms with Gasteiger partial charge in [-0.25, -0.2) is 4.79 Å². The minimum Gasteiger partial charge on any atom is -0.347 e. The number of piperidine rings is 1. The molecule has 7 heteroatoms. The second-order valence-corrected chi connectivity index (χ2v) is 9.86. The molecule has 3 amide bonds. The van der Waals surface area contributed by atoms with Gasteiger partial charge in [0.2, 0.25) is 0 Å². The molecule has 178 valence electrons. The average Bonchev–Trinajstić information content (AvgIpc) is 3.38. The zero-order valence-electron chi connectivity index (χ0n) is 19.5. The van der Waals surface area contributed by atoms with E-state index in [0.717, 1.165) is 23.9 Å². The molecule has 2 heterocycles. The van der Waals surface area contributed by atoms with E-state index in [4.69, 9.17) is 0 Å². The number of rotatable bonds is 8. The van der Waals surface area contributed by atoms with Crippen molar-refractivity contribution < 1.29 is 9.59 Å². The SMILES string of the molecule is CC1CCN(C(CNC(=O)Nc2cccc(C(=O)NCc3cccs3)c2)c2ccccc2)CC1. The van der Waals surface area contributed by atoms with E-state index in [0.29, 0.717) is 24.3 Å². The number of carbonyl (C=O) groups is 2. The van der Waals surface area contributed by atoms with Crippen LogP contribution >= 0.6 is 11.3 Å². The van der Waals surface area contributed by atoms with Crippen molar-refractivity contribution in [3.05, 3.63) is 88.1 Å². The highest BCUT2D eigenvalue weighted by Gasteiger charge is 2.25. The smallest absolute Gasteiger partial charge is 0.319 e. The predicted molar refractivity (Wildman–Crippen MR) is 138 cm³/mol. The van der Waals surface area contributed by atoms with Crippen LogP contribution in [0.25, 0.3) is 0 Å². The lowest BCUT2D eigenvalue weighted by Gasteiger charge is -2.37. The molecule has 3 aromatic rings. The van der Waals surface area contributed by atoms with E-state index in [2.05, 4.69) is 39.9 Å². The zero-order valence-corrected chi connectivity index (χ0v) is 20.3. The van der Waals surface area contributed by atoms with Gasteiger partial charge in [0.25, 0.3) is 5.91 Å². The van der Waals surface area contributed by atoms with Gasteiger partial charge in [0, 0.05) is 22.7 Å². The third-order valence-corrected chi connectivity index (χ3v) is 7.16. The van der Waals surface area contributed by atoms with Crippen molar-refractivity contribution in [2.24, 2.45) is 5.92 Å². The first-order valence-corrected chi connectivity index (χ1v) is 12.7. The highest BCUT2D eigenvalue weighted by atomic mass is 32.1. The maximum Gasteiger partial charge on any atom is 0.319 e. The summed E-state index contributed by atoms with van der Waals surface area (Å²) in [6.45, 7) is 5.38. The summed E-state index contributed by atoms with van der Waals surface area (Å²) in [5.74, 6) is 0.583. The largest absolute Gasteiger partial charge is 0.347 e. The topological polar surface area (TPSA) is 73.5 Å². The molecule has 1 aliphatic rings. The van der Waals surface area contributed by atoms with Crippen LogP contribution in [0.5, 0.6) is 0 Å². The Hall–Kier alpha value is -3.16. The fraction of sp³-hybridized carbons (Fsp3) is 0.333. The average molecular weight is 477 g/mol. The van der Waals surface area contributed by atoms with Crippen LogP contribution in [0.2, 0.25) is 0 Å². The molecule has 4 rings (SSSR count). The van der Waals surface area contributed by atoms with Crippen LogP contribution in [-0.4, -0.2) is 36.5 Å². The summed E-state index contributed by atoms with van der Waals surface area (Å²) in [7, 11) is 0. The van der Waals surface area contributed by atoms with Crippen molar-refractivity contribution in [2.75, 3.05) is 25.0 Å². The minimum atomic E-state index is -0.276. The number of anilines is 1. The number of benzene rings is 2. The number of amides is 3. The van der Waals surface area contributed by atoms with E-state index in [-0.39, 0.29) is 18.0 Å². The van der Waals surface area contributed by atoms with E-state index in [1.54, 1.807) is 35.6 Å². The molecule has 0 radical (unpaired) electrons. The van der Waals surface area contributed by atoms with Gasteiger partial charge in [-0.15, -0.1) is 11.3 Å². The summed E-state index contributed by atoms with van der Waals surface area (Å²) in [5, 5.41) is 10.8. The summed E-state index contributed by atoms with van der Waals surface area (Å²) in [6.07, 6.45) is 2.35. The number of urea groups is 1. The van der Waals surface area contributed by atoms with E-state index >= 15 is 0 Å². The molecule has 1 aromatic heterocycles. The molecule has 1 atom stereocenters. The molecule has 0 saturated carbocycles. The van der Waals surface area contributed by atoms with Gasteiger partial charge in [-0.2, -0.15) is 0 Å². The van der Waals surface area contributed by atoms with Gasteiger partial charge in [-0.05, 0) is 67.1 Å². The number of thiophene rings is 1. The molecule has 1 unspecified atom stereocenters. The van der Waals surface area contributed by atoms with Gasteiger partial charge >= 0.3 is 6.03 Å². The lowest BCUT2D eigenvalue weighted by Crippen LogP contribution is -2.42. The van der Waals surface area contributed by atoms with Gasteiger partial charge < -0.3 is 16.0 Å². The van der Waals surface area contributed by atoms with Crippen molar-refractivity contribution in [3.63, 3.8) is 0 Å². The molecular weight excluding hydrogens is 444 g/mol. The Kier molecular flexibility index (Phi) is 8.33. The second-order valence-electron chi connectivity index (χ2n) is 8.82. The lowest BCUT2D eigenvalue weighted by atomic mass is 9.96. The number of likely N-dealkylation sites (tertiary alicyclic amines) is 1. The van der Waals surface area contributed by atoms with Crippen LogP contribution in [0.15, 0.2) is 72.1 Å². The molecule has 0 spiro atoms. The second kappa shape index (κ2) is 11.8. The number of nitrogens with one attached hydrogen (secondary N) is 3. The Morgan fingerprint density at radius 2 is 1.79 bits per heavy atom. The Labute approximate surface area is 205 Å². The first-order chi connectivity index (χ1) is 16.6. The van der Waals surface area contributed by atoms with Crippen molar-refractivity contribution in [3.8, 4) is 0 Å². The Morgan fingerprint density at radius 3 is 2.53 bits per heavy atom. The summed E-state index contributed by atoms with van der Waals surface area (Å²) < 4.78 is 0. The molecular formula is C27H32N4O2S. The molecule has 1 aliphatic heterocycles. The normalized spacial score (nSPS) is 15.4. The molecule has 2 aromatic carbocycles. The maximum absolute atomic E-state index is 12.7. The van der Waals surface area contributed by atoms with Crippen LogP contribution in [0.4, 0.5) is 10.5 Å². The molecule has 3 N–H and O–H groups in total. The van der Waals surface area contributed by atoms with Crippen LogP contribution in [-0.2, 0) is 6.54 Å². The van der Waals surface area contributed by atoms with Crippen molar-refractivity contribution >= 4 is 29.0 Å². The lowest BCUT2D eigenvalue weighted by molar-refractivity contribution is 0.0951. The fourth-order valence-corrected chi connectivity index (χ4v) is 4.90. The van der Waals surface area contributed by atoms with E-state index in [1.165, 1.54) is 18.4 Å².